The monoisotopic (exact) mass is 412 g/mol. The topological polar surface area (TPSA) is 200 Å². The van der Waals surface area contributed by atoms with Gasteiger partial charge < -0.3 is 36.9 Å². The molecule has 0 bridgehead atoms. The number of aliphatic hydroxyl groups is 1. The highest BCUT2D eigenvalue weighted by Crippen LogP contribution is 2.02. The molecule has 162 valence electrons. The summed E-state index contributed by atoms with van der Waals surface area (Å²) < 4.78 is 0. The molecule has 29 heavy (non-hydrogen) atoms. The minimum atomic E-state index is -1.33. The van der Waals surface area contributed by atoms with Gasteiger partial charge in [-0.2, -0.15) is 0 Å². The molecule has 3 amide bonds. The highest BCUT2D eigenvalue weighted by atomic mass is 16.4. The van der Waals surface area contributed by atoms with Crippen LogP contribution in [0, 0.1) is 5.92 Å². The number of amides is 3. The summed E-state index contributed by atoms with van der Waals surface area (Å²) in [6, 6.07) is -4.56. The Hall–Kier alpha value is -2.99. The molecule has 1 heterocycles. The Morgan fingerprint density at radius 3 is 2.14 bits per heavy atom. The second kappa shape index (κ2) is 11.1. The number of H-pyrrole nitrogens is 1. The summed E-state index contributed by atoms with van der Waals surface area (Å²) in [7, 11) is 0. The maximum atomic E-state index is 12.5. The van der Waals surface area contributed by atoms with Crippen molar-refractivity contribution < 1.29 is 29.4 Å². The van der Waals surface area contributed by atoms with Crippen LogP contribution in [0.2, 0.25) is 0 Å². The normalized spacial score (nSPS) is 15.1. The van der Waals surface area contributed by atoms with E-state index in [4.69, 9.17) is 10.8 Å². The van der Waals surface area contributed by atoms with Gasteiger partial charge in [0.05, 0.1) is 19.0 Å². The van der Waals surface area contributed by atoms with Crippen molar-refractivity contribution in [3.05, 3.63) is 18.2 Å². The van der Waals surface area contributed by atoms with Crippen LogP contribution in [0.1, 0.15) is 26.5 Å². The smallest absolute Gasteiger partial charge is 0.325 e. The summed E-state index contributed by atoms with van der Waals surface area (Å²) in [6.45, 7) is 4.02. The molecule has 0 radical (unpaired) electrons. The molecule has 12 nitrogen and oxygen atoms in total. The average Bonchev–Trinajstić information content (AvgIpc) is 3.17. The lowest BCUT2D eigenvalue weighted by Crippen LogP contribution is -2.58. The van der Waals surface area contributed by atoms with E-state index in [1.807, 2.05) is 0 Å². The molecule has 0 saturated heterocycles. The van der Waals surface area contributed by atoms with E-state index in [1.165, 1.54) is 19.4 Å². The lowest BCUT2D eigenvalue weighted by molar-refractivity contribution is -0.141. The average molecular weight is 412 g/mol. The van der Waals surface area contributed by atoms with Gasteiger partial charge in [-0.25, -0.2) is 4.98 Å². The van der Waals surface area contributed by atoms with Crippen LogP contribution in [0.3, 0.4) is 0 Å². The number of carboxylic acid groups (broad SMARTS) is 1. The quantitative estimate of drug-likeness (QED) is 0.206. The van der Waals surface area contributed by atoms with Crippen molar-refractivity contribution in [3.8, 4) is 0 Å². The number of aliphatic carboxylic acids is 1. The zero-order chi connectivity index (χ0) is 22.1. The highest BCUT2D eigenvalue weighted by Gasteiger charge is 2.30. The van der Waals surface area contributed by atoms with E-state index in [9.17, 15) is 24.3 Å². The third kappa shape index (κ3) is 7.50. The fourth-order valence-electron chi connectivity index (χ4n) is 2.24. The molecular weight excluding hydrogens is 384 g/mol. The van der Waals surface area contributed by atoms with E-state index in [-0.39, 0.29) is 12.3 Å². The molecule has 12 heteroatoms. The van der Waals surface area contributed by atoms with Crippen LogP contribution >= 0.6 is 0 Å². The minimum absolute atomic E-state index is 0.0124. The lowest BCUT2D eigenvalue weighted by atomic mass is 10.0. The summed E-state index contributed by atoms with van der Waals surface area (Å²) in [4.78, 5) is 54.6. The lowest BCUT2D eigenvalue weighted by Gasteiger charge is -2.24. The Morgan fingerprint density at radius 2 is 1.66 bits per heavy atom. The standard InChI is InChI=1S/C17H28N6O6/c1-8(2)13(18)16(27)23-12(6-24)15(26)22-11(4-10-5-19-7-20-10)14(25)21-9(3)17(28)29/h5,7-9,11-13,24H,4,6,18H2,1-3H3,(H,19,20)(H,21,25)(H,22,26)(H,23,27)(H,28,29). The Bertz CT molecular complexity index is 707. The zero-order valence-corrected chi connectivity index (χ0v) is 16.5. The van der Waals surface area contributed by atoms with Gasteiger partial charge in [0, 0.05) is 18.3 Å². The maximum Gasteiger partial charge on any atom is 0.325 e. The van der Waals surface area contributed by atoms with Crippen LogP contribution < -0.4 is 21.7 Å². The summed E-state index contributed by atoms with van der Waals surface area (Å²) in [5.41, 5.74) is 6.24. The fourth-order valence-corrected chi connectivity index (χ4v) is 2.24. The molecular formula is C17H28N6O6. The van der Waals surface area contributed by atoms with E-state index in [1.54, 1.807) is 13.8 Å². The summed E-state index contributed by atoms with van der Waals surface area (Å²) in [6.07, 6.45) is 2.82. The van der Waals surface area contributed by atoms with Gasteiger partial charge in [0.25, 0.3) is 0 Å². The molecule has 1 rings (SSSR count). The predicted octanol–water partition coefficient (Wildman–Crippen LogP) is -2.51. The molecule has 0 fully saturated rings. The van der Waals surface area contributed by atoms with Crippen molar-refractivity contribution in [1.82, 2.24) is 25.9 Å². The second-order valence-corrected chi connectivity index (χ2v) is 6.92. The Labute approximate surface area is 167 Å². The van der Waals surface area contributed by atoms with Gasteiger partial charge >= 0.3 is 5.97 Å². The number of nitrogens with two attached hydrogens (primary N) is 1. The van der Waals surface area contributed by atoms with Crippen molar-refractivity contribution in [1.29, 1.82) is 0 Å². The van der Waals surface area contributed by atoms with E-state index in [0.29, 0.717) is 5.69 Å². The molecule has 1 aromatic heterocycles. The highest BCUT2D eigenvalue weighted by molar-refractivity contribution is 5.94. The number of carbonyl (C=O) groups excluding carboxylic acids is 3. The molecule has 1 aromatic rings. The molecule has 0 spiro atoms. The van der Waals surface area contributed by atoms with E-state index < -0.39 is 54.5 Å². The van der Waals surface area contributed by atoms with Gasteiger partial charge in [0.2, 0.25) is 17.7 Å². The molecule has 0 aliphatic carbocycles. The zero-order valence-electron chi connectivity index (χ0n) is 16.5. The first-order valence-corrected chi connectivity index (χ1v) is 9.04. The first kappa shape index (κ1) is 24.0. The van der Waals surface area contributed by atoms with E-state index in [2.05, 4.69) is 25.9 Å². The molecule has 0 aromatic carbocycles. The first-order valence-electron chi connectivity index (χ1n) is 9.04. The third-order valence-electron chi connectivity index (χ3n) is 4.18. The SMILES string of the molecule is CC(NC(=O)C(Cc1cnc[nH]1)NC(=O)C(CO)NC(=O)C(N)C(C)C)C(=O)O. The van der Waals surface area contributed by atoms with Crippen LogP contribution in [-0.4, -0.2) is 74.6 Å². The number of hydrogen-bond acceptors (Lipinski definition) is 7. The number of hydrogen-bond donors (Lipinski definition) is 7. The van der Waals surface area contributed by atoms with Gasteiger partial charge in [-0.1, -0.05) is 13.8 Å². The maximum absolute atomic E-state index is 12.5. The number of aliphatic hydroxyl groups excluding tert-OH is 1. The Balaban J connectivity index is 2.88. The number of nitrogens with one attached hydrogen (secondary N) is 4. The summed E-state index contributed by atoms with van der Waals surface area (Å²) in [5.74, 6) is -3.62. The molecule has 0 aliphatic heterocycles. The van der Waals surface area contributed by atoms with Crippen molar-refractivity contribution in [2.45, 2.75) is 51.4 Å². The Kier molecular flexibility index (Phi) is 9.22. The van der Waals surface area contributed by atoms with E-state index >= 15 is 0 Å². The van der Waals surface area contributed by atoms with Gasteiger partial charge in [-0.15, -0.1) is 0 Å². The molecule has 0 aliphatic rings. The van der Waals surface area contributed by atoms with E-state index in [0.717, 1.165) is 0 Å². The van der Waals surface area contributed by atoms with Gasteiger partial charge in [0.15, 0.2) is 0 Å². The van der Waals surface area contributed by atoms with Crippen LogP contribution in [0.25, 0.3) is 0 Å². The fraction of sp³-hybridized carbons (Fsp3) is 0.588. The third-order valence-corrected chi connectivity index (χ3v) is 4.18. The second-order valence-electron chi connectivity index (χ2n) is 6.92. The van der Waals surface area contributed by atoms with Crippen LogP contribution in [0.5, 0.6) is 0 Å². The number of aromatic amines is 1. The molecule has 4 unspecified atom stereocenters. The number of rotatable bonds is 11. The number of aromatic nitrogens is 2. The van der Waals surface area contributed by atoms with Crippen molar-refractivity contribution in [3.63, 3.8) is 0 Å². The minimum Gasteiger partial charge on any atom is -0.480 e. The van der Waals surface area contributed by atoms with Crippen molar-refractivity contribution >= 4 is 23.7 Å². The molecule has 8 N–H and O–H groups in total. The molecule has 4 atom stereocenters. The van der Waals surface area contributed by atoms with Crippen molar-refractivity contribution in [2.24, 2.45) is 11.7 Å². The van der Waals surface area contributed by atoms with Gasteiger partial charge in [-0.3, -0.25) is 19.2 Å². The van der Waals surface area contributed by atoms with Crippen LogP contribution in [-0.2, 0) is 25.6 Å². The summed E-state index contributed by atoms with van der Waals surface area (Å²) >= 11 is 0. The molecule has 0 saturated carbocycles. The number of carboxylic acids is 1. The largest absolute Gasteiger partial charge is 0.480 e. The first-order chi connectivity index (χ1) is 13.6. The predicted molar refractivity (Wildman–Crippen MR) is 101 cm³/mol. The van der Waals surface area contributed by atoms with Gasteiger partial charge in [-0.05, 0) is 12.8 Å². The van der Waals surface area contributed by atoms with Crippen LogP contribution in [0.15, 0.2) is 12.5 Å². The Morgan fingerprint density at radius 1 is 1.07 bits per heavy atom. The number of nitrogens with zero attached hydrogens (tertiary/aromatic N) is 1. The van der Waals surface area contributed by atoms with Gasteiger partial charge in [0.1, 0.15) is 18.1 Å². The number of carbonyl (C=O) groups is 4. The summed E-state index contributed by atoms with van der Waals surface area (Å²) in [5, 5.41) is 25.5. The van der Waals surface area contributed by atoms with Crippen LogP contribution in [0.4, 0.5) is 0 Å². The van der Waals surface area contributed by atoms with Crippen molar-refractivity contribution in [2.75, 3.05) is 6.61 Å². The number of imidazole rings is 1.